The minimum absolute atomic E-state index is 0.605. The Morgan fingerprint density at radius 2 is 0.731 bits per heavy atom. The summed E-state index contributed by atoms with van der Waals surface area (Å²) in [6.45, 7) is 0. The summed E-state index contributed by atoms with van der Waals surface area (Å²) in [4.78, 5) is 20.9. The van der Waals surface area contributed by atoms with Crippen LogP contribution in [0, 0.1) is 0 Å². The van der Waals surface area contributed by atoms with E-state index in [1.54, 1.807) is 0 Å². The van der Waals surface area contributed by atoms with Crippen molar-refractivity contribution in [2.75, 3.05) is 0 Å². The van der Waals surface area contributed by atoms with Crippen LogP contribution < -0.4 is 0 Å². The summed E-state index contributed by atoms with van der Waals surface area (Å²) in [5, 5.41) is 8.20. The summed E-state index contributed by atoms with van der Waals surface area (Å²) in [6, 6.07) is 83.4. The molecule has 13 rings (SSSR count). The van der Waals surface area contributed by atoms with Crippen LogP contribution in [0.1, 0.15) is 0 Å². The molecular formula is C62H39N5. The number of fused-ring (bicyclic) bond motifs is 8. The van der Waals surface area contributed by atoms with Gasteiger partial charge < -0.3 is 4.57 Å². The van der Waals surface area contributed by atoms with Gasteiger partial charge in [0.15, 0.2) is 17.5 Å². The van der Waals surface area contributed by atoms with Crippen LogP contribution in [-0.2, 0) is 0 Å². The highest BCUT2D eigenvalue weighted by Gasteiger charge is 2.22. The first-order valence-corrected chi connectivity index (χ1v) is 22.6. The smallest absolute Gasteiger partial charge is 0.164 e. The van der Waals surface area contributed by atoms with E-state index in [2.05, 4.69) is 229 Å². The number of pyridine rings is 1. The average molecular weight is 854 g/mol. The molecule has 0 saturated carbocycles. The van der Waals surface area contributed by atoms with Crippen molar-refractivity contribution in [1.82, 2.24) is 24.5 Å². The van der Waals surface area contributed by atoms with Crippen LogP contribution in [0.25, 0.3) is 128 Å². The Morgan fingerprint density at radius 3 is 1.33 bits per heavy atom. The number of aromatic nitrogens is 5. The predicted octanol–water partition coefficient (Wildman–Crippen LogP) is 15.8. The van der Waals surface area contributed by atoms with E-state index >= 15 is 0 Å². The molecule has 0 N–H and O–H groups in total. The van der Waals surface area contributed by atoms with Gasteiger partial charge in [0.2, 0.25) is 0 Å². The van der Waals surface area contributed by atoms with Crippen molar-refractivity contribution >= 4 is 54.3 Å². The van der Waals surface area contributed by atoms with Crippen LogP contribution in [0.2, 0.25) is 0 Å². The molecule has 0 aliphatic rings. The Bertz CT molecular complexity index is 3890. The van der Waals surface area contributed by atoms with E-state index in [0.29, 0.717) is 17.5 Å². The summed E-state index contributed by atoms with van der Waals surface area (Å²) in [5.41, 5.74) is 13.6. The second kappa shape index (κ2) is 15.9. The van der Waals surface area contributed by atoms with Crippen molar-refractivity contribution in [1.29, 1.82) is 0 Å². The van der Waals surface area contributed by atoms with Crippen LogP contribution in [0.5, 0.6) is 0 Å². The molecule has 0 bridgehead atoms. The lowest BCUT2D eigenvalue weighted by Crippen LogP contribution is -2.01. The van der Waals surface area contributed by atoms with Crippen LogP contribution in [0.15, 0.2) is 237 Å². The summed E-state index contributed by atoms with van der Waals surface area (Å²) in [7, 11) is 0. The summed E-state index contributed by atoms with van der Waals surface area (Å²) >= 11 is 0. The molecule has 0 radical (unpaired) electrons. The van der Waals surface area contributed by atoms with E-state index in [1.807, 2.05) is 12.1 Å². The third-order valence-electron chi connectivity index (χ3n) is 13.0. The highest BCUT2D eigenvalue weighted by atomic mass is 15.0. The highest BCUT2D eigenvalue weighted by Crippen LogP contribution is 2.44. The van der Waals surface area contributed by atoms with E-state index in [-0.39, 0.29) is 0 Å². The van der Waals surface area contributed by atoms with Crippen molar-refractivity contribution in [2.45, 2.75) is 0 Å². The van der Waals surface area contributed by atoms with Gasteiger partial charge in [-0.2, -0.15) is 0 Å². The first kappa shape index (κ1) is 38.4. The van der Waals surface area contributed by atoms with E-state index in [0.717, 1.165) is 88.6 Å². The maximum atomic E-state index is 5.51. The Hall–Kier alpha value is -9.06. The lowest BCUT2D eigenvalue weighted by atomic mass is 9.93. The van der Waals surface area contributed by atoms with E-state index in [9.17, 15) is 0 Å². The number of rotatable bonds is 7. The van der Waals surface area contributed by atoms with Crippen LogP contribution >= 0.6 is 0 Å². The molecular weight excluding hydrogens is 815 g/mol. The minimum Gasteiger partial charge on any atom is -0.308 e. The second-order valence-electron chi connectivity index (χ2n) is 17.0. The SMILES string of the molecule is c1ccc(-c2ccc(-c3nc(-c4ccc(-c5ccccc5)cc4)nc(-c4ccc(-n5c6ccccc6c6c(-c7cc8ccccc8c8ccccc78)nc7ccccc7c65)cc4)n3)cc2)cc1. The highest BCUT2D eigenvalue weighted by molar-refractivity contribution is 6.25. The fourth-order valence-electron chi connectivity index (χ4n) is 9.80. The van der Waals surface area contributed by atoms with E-state index < -0.39 is 0 Å². The molecule has 5 heteroatoms. The summed E-state index contributed by atoms with van der Waals surface area (Å²) in [5.74, 6) is 1.84. The minimum atomic E-state index is 0.605. The molecule has 0 amide bonds. The van der Waals surface area contributed by atoms with Crippen LogP contribution in [0.3, 0.4) is 0 Å². The molecule has 3 aromatic heterocycles. The fraction of sp³-hybridized carbons (Fsp3) is 0. The lowest BCUT2D eigenvalue weighted by molar-refractivity contribution is 1.07. The third-order valence-corrected chi connectivity index (χ3v) is 13.0. The molecule has 0 atom stereocenters. The first-order chi connectivity index (χ1) is 33.2. The molecule has 0 aliphatic carbocycles. The Balaban J connectivity index is 0.972. The van der Waals surface area contributed by atoms with Crippen molar-refractivity contribution in [3.05, 3.63) is 237 Å². The van der Waals surface area contributed by atoms with Gasteiger partial charge in [0.25, 0.3) is 0 Å². The van der Waals surface area contributed by atoms with Crippen molar-refractivity contribution in [2.24, 2.45) is 0 Å². The monoisotopic (exact) mass is 853 g/mol. The number of para-hydroxylation sites is 2. The molecule has 13 aromatic rings. The van der Waals surface area contributed by atoms with Gasteiger partial charge in [-0.15, -0.1) is 0 Å². The quantitative estimate of drug-likeness (QED) is 0.150. The standard InChI is InChI=1S/C62H39N5/c1-3-15-40(16-4-1)42-27-31-44(32-28-42)60-64-61(45-33-29-43(30-34-45)41-17-5-2-6-18-41)66-62(65-60)46-35-37-48(38-36-46)67-56-26-14-12-24-53(56)57-58(63-55-25-13-11-23-52(55)59(57)67)54-39-47-19-7-8-20-49(47)50-21-9-10-22-51(50)54/h1-39H. The van der Waals surface area contributed by atoms with Crippen molar-refractivity contribution in [3.63, 3.8) is 0 Å². The average Bonchev–Trinajstić information content (AvgIpc) is 3.77. The number of nitrogens with zero attached hydrogens (tertiary/aromatic N) is 5. The number of hydrogen-bond donors (Lipinski definition) is 0. The van der Waals surface area contributed by atoms with Gasteiger partial charge in [-0.05, 0) is 86.3 Å². The molecule has 67 heavy (non-hydrogen) atoms. The Morgan fingerprint density at radius 1 is 0.299 bits per heavy atom. The molecule has 10 aromatic carbocycles. The zero-order valence-corrected chi connectivity index (χ0v) is 36.3. The first-order valence-electron chi connectivity index (χ1n) is 22.6. The van der Waals surface area contributed by atoms with Gasteiger partial charge in [0, 0.05) is 44.1 Å². The van der Waals surface area contributed by atoms with Gasteiger partial charge in [-0.1, -0.05) is 194 Å². The topological polar surface area (TPSA) is 56.5 Å². The summed E-state index contributed by atoms with van der Waals surface area (Å²) < 4.78 is 2.40. The zero-order chi connectivity index (χ0) is 44.3. The van der Waals surface area contributed by atoms with Crippen LogP contribution in [-0.4, -0.2) is 24.5 Å². The van der Waals surface area contributed by atoms with E-state index in [1.165, 1.54) is 21.5 Å². The normalized spacial score (nSPS) is 11.6. The maximum absolute atomic E-state index is 5.51. The molecule has 5 nitrogen and oxygen atoms in total. The van der Waals surface area contributed by atoms with Crippen LogP contribution in [0.4, 0.5) is 0 Å². The summed E-state index contributed by atoms with van der Waals surface area (Å²) in [6.07, 6.45) is 0. The molecule has 0 saturated heterocycles. The zero-order valence-electron chi connectivity index (χ0n) is 36.3. The molecule has 0 aliphatic heterocycles. The largest absolute Gasteiger partial charge is 0.308 e. The maximum Gasteiger partial charge on any atom is 0.164 e. The molecule has 0 spiro atoms. The van der Waals surface area contributed by atoms with E-state index in [4.69, 9.17) is 19.9 Å². The Kier molecular flexibility index (Phi) is 9.10. The van der Waals surface area contributed by atoms with Gasteiger partial charge in [-0.3, -0.25) is 0 Å². The molecule has 312 valence electrons. The molecule has 3 heterocycles. The van der Waals surface area contributed by atoms with Gasteiger partial charge in [-0.25, -0.2) is 19.9 Å². The second-order valence-corrected chi connectivity index (χ2v) is 17.0. The number of benzene rings is 10. The fourth-order valence-corrected chi connectivity index (χ4v) is 9.80. The number of hydrogen-bond acceptors (Lipinski definition) is 4. The van der Waals surface area contributed by atoms with Gasteiger partial charge in [0.05, 0.1) is 22.2 Å². The molecule has 0 unspecified atom stereocenters. The van der Waals surface area contributed by atoms with Gasteiger partial charge in [0.1, 0.15) is 0 Å². The van der Waals surface area contributed by atoms with Crippen molar-refractivity contribution < 1.29 is 0 Å². The lowest BCUT2D eigenvalue weighted by Gasteiger charge is -2.14. The van der Waals surface area contributed by atoms with Crippen molar-refractivity contribution in [3.8, 4) is 73.4 Å². The Labute approximate surface area is 387 Å². The van der Waals surface area contributed by atoms with Gasteiger partial charge >= 0.3 is 0 Å². The molecule has 0 fully saturated rings. The predicted molar refractivity (Wildman–Crippen MR) is 277 cm³/mol. The third kappa shape index (κ3) is 6.64.